The quantitative estimate of drug-likeness (QED) is 0.731. The maximum atomic E-state index is 11.7. The minimum Gasteiger partial charge on any atom is -0.378 e. The first-order chi connectivity index (χ1) is 8.69. The van der Waals surface area contributed by atoms with Crippen LogP contribution in [0.25, 0.3) is 0 Å². The molecule has 0 saturated carbocycles. The monoisotopic (exact) mass is 257 g/mol. The maximum Gasteiger partial charge on any atom is 0.248 e. The van der Waals surface area contributed by atoms with E-state index in [4.69, 9.17) is 14.2 Å². The third-order valence-corrected chi connectivity index (χ3v) is 3.59. The van der Waals surface area contributed by atoms with E-state index < -0.39 is 0 Å². The van der Waals surface area contributed by atoms with Crippen LogP contribution in [0.1, 0.15) is 26.7 Å². The van der Waals surface area contributed by atoms with E-state index in [1.165, 1.54) is 0 Å². The largest absolute Gasteiger partial charge is 0.378 e. The zero-order chi connectivity index (χ0) is 13.0. The highest BCUT2D eigenvalue weighted by atomic mass is 16.5. The molecule has 2 heterocycles. The van der Waals surface area contributed by atoms with Crippen molar-refractivity contribution in [3.05, 3.63) is 0 Å². The number of likely N-dealkylation sites (tertiary alicyclic amines) is 1. The SMILES string of the molecule is CCOCC(=O)N1CC2(C[C@H](OCC)CCO2)C1. The molecule has 0 aromatic carbocycles. The number of nitrogens with zero attached hydrogens (tertiary/aromatic N) is 1. The molecule has 2 fully saturated rings. The van der Waals surface area contributed by atoms with Crippen molar-refractivity contribution in [2.45, 2.75) is 38.4 Å². The predicted octanol–water partition coefficient (Wildman–Crippen LogP) is 0.819. The Morgan fingerprint density at radius 3 is 2.83 bits per heavy atom. The molecule has 0 unspecified atom stereocenters. The maximum absolute atomic E-state index is 11.7. The van der Waals surface area contributed by atoms with Crippen LogP contribution in [0.15, 0.2) is 0 Å². The molecule has 1 amide bonds. The van der Waals surface area contributed by atoms with Gasteiger partial charge in [0.05, 0.1) is 19.2 Å². The second-order valence-corrected chi connectivity index (χ2v) is 4.99. The van der Waals surface area contributed by atoms with E-state index >= 15 is 0 Å². The van der Waals surface area contributed by atoms with Crippen molar-refractivity contribution < 1.29 is 19.0 Å². The van der Waals surface area contributed by atoms with Crippen molar-refractivity contribution in [1.82, 2.24) is 4.90 Å². The van der Waals surface area contributed by atoms with Gasteiger partial charge < -0.3 is 19.1 Å². The van der Waals surface area contributed by atoms with Crippen molar-refractivity contribution in [2.24, 2.45) is 0 Å². The smallest absolute Gasteiger partial charge is 0.248 e. The molecule has 1 spiro atoms. The van der Waals surface area contributed by atoms with Crippen molar-refractivity contribution >= 4 is 5.91 Å². The summed E-state index contributed by atoms with van der Waals surface area (Å²) >= 11 is 0. The van der Waals surface area contributed by atoms with Crippen LogP contribution in [0.5, 0.6) is 0 Å². The molecule has 2 aliphatic rings. The van der Waals surface area contributed by atoms with Crippen LogP contribution in [0.2, 0.25) is 0 Å². The van der Waals surface area contributed by atoms with Gasteiger partial charge in [0, 0.05) is 26.2 Å². The highest BCUT2D eigenvalue weighted by Crippen LogP contribution is 2.35. The van der Waals surface area contributed by atoms with Crippen LogP contribution in [0.3, 0.4) is 0 Å². The van der Waals surface area contributed by atoms with Gasteiger partial charge in [0.15, 0.2) is 0 Å². The van der Waals surface area contributed by atoms with Crippen molar-refractivity contribution in [3.8, 4) is 0 Å². The lowest BCUT2D eigenvalue weighted by Gasteiger charge is -2.52. The van der Waals surface area contributed by atoms with Crippen molar-refractivity contribution in [3.63, 3.8) is 0 Å². The third kappa shape index (κ3) is 3.02. The molecule has 5 heteroatoms. The standard InChI is InChI=1S/C13H23NO4/c1-3-16-8-12(15)14-9-13(10-14)7-11(17-4-2)5-6-18-13/h11H,3-10H2,1-2H3/t11-/m1/s1. The van der Waals surface area contributed by atoms with Crippen LogP contribution in [-0.4, -0.2) is 62.0 Å². The number of carbonyl (C=O) groups excluding carboxylic acids is 1. The number of hydrogen-bond acceptors (Lipinski definition) is 4. The van der Waals surface area contributed by atoms with Gasteiger partial charge >= 0.3 is 0 Å². The molecule has 1 atom stereocenters. The minimum atomic E-state index is -0.153. The molecule has 0 bridgehead atoms. The predicted molar refractivity (Wildman–Crippen MR) is 66.4 cm³/mol. The van der Waals surface area contributed by atoms with Crippen LogP contribution in [-0.2, 0) is 19.0 Å². The fourth-order valence-corrected chi connectivity index (χ4v) is 2.69. The molecular weight excluding hydrogens is 234 g/mol. The van der Waals surface area contributed by atoms with Crippen molar-refractivity contribution in [2.75, 3.05) is 39.5 Å². The number of amides is 1. The van der Waals surface area contributed by atoms with Crippen LogP contribution < -0.4 is 0 Å². The van der Waals surface area contributed by atoms with E-state index in [-0.39, 0.29) is 24.2 Å². The van der Waals surface area contributed by atoms with Crippen LogP contribution in [0, 0.1) is 0 Å². The summed E-state index contributed by atoms with van der Waals surface area (Å²) < 4.78 is 16.6. The molecule has 0 N–H and O–H groups in total. The first-order valence-corrected chi connectivity index (χ1v) is 6.80. The summed E-state index contributed by atoms with van der Waals surface area (Å²) in [5.74, 6) is 0.0598. The van der Waals surface area contributed by atoms with Gasteiger partial charge in [0.1, 0.15) is 12.2 Å². The Kier molecular flexibility index (Phi) is 4.59. The van der Waals surface area contributed by atoms with Crippen molar-refractivity contribution in [1.29, 1.82) is 0 Å². The van der Waals surface area contributed by atoms with E-state index in [0.29, 0.717) is 19.7 Å². The Labute approximate surface area is 108 Å². The number of rotatable bonds is 5. The fraction of sp³-hybridized carbons (Fsp3) is 0.923. The topological polar surface area (TPSA) is 48.0 Å². The second kappa shape index (κ2) is 5.99. The lowest BCUT2D eigenvalue weighted by Crippen LogP contribution is -2.67. The van der Waals surface area contributed by atoms with Gasteiger partial charge in [-0.2, -0.15) is 0 Å². The second-order valence-electron chi connectivity index (χ2n) is 4.99. The highest BCUT2D eigenvalue weighted by Gasteiger charge is 2.49. The summed E-state index contributed by atoms with van der Waals surface area (Å²) in [6.07, 6.45) is 2.15. The molecule has 104 valence electrons. The average Bonchev–Trinajstić information content (AvgIpc) is 2.33. The summed E-state index contributed by atoms with van der Waals surface area (Å²) in [6, 6.07) is 0. The van der Waals surface area contributed by atoms with Gasteiger partial charge in [-0.05, 0) is 20.3 Å². The Balaban J connectivity index is 1.77. The molecule has 2 saturated heterocycles. The van der Waals surface area contributed by atoms with Gasteiger partial charge in [-0.1, -0.05) is 0 Å². The molecule has 0 aliphatic carbocycles. The third-order valence-electron chi connectivity index (χ3n) is 3.59. The fourth-order valence-electron chi connectivity index (χ4n) is 2.69. The molecule has 18 heavy (non-hydrogen) atoms. The summed E-state index contributed by atoms with van der Waals surface area (Å²) in [6.45, 7) is 7.51. The molecule has 0 aromatic rings. The Morgan fingerprint density at radius 2 is 2.17 bits per heavy atom. The van der Waals surface area contributed by atoms with Crippen LogP contribution >= 0.6 is 0 Å². The first-order valence-electron chi connectivity index (χ1n) is 6.80. The zero-order valence-electron chi connectivity index (χ0n) is 11.3. The van der Waals surface area contributed by atoms with Gasteiger partial charge in [0.25, 0.3) is 0 Å². The van der Waals surface area contributed by atoms with Gasteiger partial charge in [0.2, 0.25) is 5.91 Å². The molecule has 2 rings (SSSR count). The summed E-state index contributed by atoms with van der Waals surface area (Å²) in [7, 11) is 0. The van der Waals surface area contributed by atoms with Gasteiger partial charge in [-0.3, -0.25) is 4.79 Å². The Bertz CT molecular complexity index is 287. The lowest BCUT2D eigenvalue weighted by atomic mass is 9.84. The summed E-state index contributed by atoms with van der Waals surface area (Å²) in [5.41, 5.74) is -0.153. The van der Waals surface area contributed by atoms with Gasteiger partial charge in [-0.25, -0.2) is 0 Å². The molecule has 0 radical (unpaired) electrons. The zero-order valence-corrected chi connectivity index (χ0v) is 11.3. The van der Waals surface area contributed by atoms with E-state index in [2.05, 4.69) is 0 Å². The van der Waals surface area contributed by atoms with Gasteiger partial charge in [-0.15, -0.1) is 0 Å². The lowest BCUT2D eigenvalue weighted by molar-refractivity contribution is -0.202. The summed E-state index contributed by atoms with van der Waals surface area (Å²) in [4.78, 5) is 13.5. The first kappa shape index (κ1) is 13.8. The Morgan fingerprint density at radius 1 is 1.39 bits per heavy atom. The molecule has 5 nitrogen and oxygen atoms in total. The molecule has 0 aromatic heterocycles. The van der Waals surface area contributed by atoms with E-state index in [1.807, 2.05) is 18.7 Å². The number of hydrogen-bond donors (Lipinski definition) is 0. The van der Waals surface area contributed by atoms with E-state index in [9.17, 15) is 4.79 Å². The molecular formula is C13H23NO4. The number of carbonyl (C=O) groups is 1. The number of ether oxygens (including phenoxy) is 3. The molecule has 2 aliphatic heterocycles. The van der Waals surface area contributed by atoms with E-state index in [1.54, 1.807) is 0 Å². The normalized spacial score (nSPS) is 26.1. The summed E-state index contributed by atoms with van der Waals surface area (Å²) in [5, 5.41) is 0. The Hall–Kier alpha value is -0.650. The van der Waals surface area contributed by atoms with E-state index in [0.717, 1.165) is 26.1 Å². The minimum absolute atomic E-state index is 0.0598. The highest BCUT2D eigenvalue weighted by molar-refractivity contribution is 5.78. The van der Waals surface area contributed by atoms with Crippen LogP contribution in [0.4, 0.5) is 0 Å². The average molecular weight is 257 g/mol.